The van der Waals surface area contributed by atoms with E-state index in [2.05, 4.69) is 9.97 Å². The molecule has 4 heteroatoms. The van der Waals surface area contributed by atoms with E-state index in [0.29, 0.717) is 0 Å². The Balaban J connectivity index is 2.93. The Hall–Kier alpha value is -1.32. The van der Waals surface area contributed by atoms with Gasteiger partial charge in [0.1, 0.15) is 5.69 Å². The third kappa shape index (κ3) is 0.676. The third-order valence-corrected chi connectivity index (χ3v) is 0.743. The van der Waals surface area contributed by atoms with Crippen molar-refractivity contribution in [3.05, 3.63) is 18.2 Å². The molecular weight excluding hydrogens is 106 g/mol. The normalized spacial score (nSPS) is 9.00. The van der Waals surface area contributed by atoms with Gasteiger partial charge in [-0.05, 0) is 0 Å². The lowest BCUT2D eigenvalue weighted by atomic mass is 10.5. The predicted octanol–water partition coefficient (Wildman–Crippen LogP) is -0.167. The Labute approximate surface area is 45.7 Å². The average molecular weight is 110 g/mol. The second-order valence-corrected chi connectivity index (χ2v) is 1.29. The maximum atomic E-state index is 10.1. The first-order valence-corrected chi connectivity index (χ1v) is 2.05. The predicted molar refractivity (Wildman–Crippen MR) is 26.0 cm³/mol. The number of aromatic amines is 1. The van der Waals surface area contributed by atoms with Crippen molar-refractivity contribution in [2.24, 2.45) is 0 Å². The molecule has 41 valence electrons. The fourth-order valence-electron chi connectivity index (χ4n) is 0.380. The minimum absolute atomic E-state index is 0.227. The van der Waals surface area contributed by atoms with Crippen molar-refractivity contribution >= 4 is 5.91 Å². The smallest absolute Gasteiger partial charge is 0.287 e. The summed E-state index contributed by atoms with van der Waals surface area (Å²) in [6, 6.07) is 0. The Morgan fingerprint density at radius 1 is 1.88 bits per heavy atom. The lowest BCUT2D eigenvalue weighted by Crippen LogP contribution is -1.97. The number of rotatable bonds is 1. The summed E-state index contributed by atoms with van der Waals surface area (Å²) in [7, 11) is 0. The number of amides is 1. The van der Waals surface area contributed by atoms with Gasteiger partial charge >= 0.3 is 0 Å². The van der Waals surface area contributed by atoms with E-state index < -0.39 is 5.91 Å². The summed E-state index contributed by atoms with van der Waals surface area (Å²) in [6.07, 6.45) is 2.68. The molecule has 0 unspecified atom stereocenters. The van der Waals surface area contributed by atoms with Crippen molar-refractivity contribution in [3.63, 3.8) is 0 Å². The van der Waals surface area contributed by atoms with Crippen LogP contribution in [0.4, 0.5) is 0 Å². The van der Waals surface area contributed by atoms with Gasteiger partial charge in [0.2, 0.25) is 0 Å². The van der Waals surface area contributed by atoms with Gasteiger partial charge in [-0.1, -0.05) is 0 Å². The Bertz CT molecular complexity index is 179. The highest BCUT2D eigenvalue weighted by molar-refractivity contribution is 5.89. The van der Waals surface area contributed by atoms with Gasteiger partial charge in [-0.2, -0.15) is 0 Å². The Kier molecular flexibility index (Phi) is 0.997. The lowest BCUT2D eigenvalue weighted by Gasteiger charge is -1.78. The zero-order valence-corrected chi connectivity index (χ0v) is 4.01. The summed E-state index contributed by atoms with van der Waals surface area (Å²) < 4.78 is 0. The van der Waals surface area contributed by atoms with E-state index in [-0.39, 0.29) is 5.69 Å². The van der Waals surface area contributed by atoms with Crippen LogP contribution in [0.1, 0.15) is 10.5 Å². The fraction of sp³-hybridized carbons (Fsp3) is 0. The molecule has 1 radical (unpaired) electrons. The molecule has 0 saturated carbocycles. The lowest BCUT2D eigenvalue weighted by molar-refractivity contribution is 0.0988. The first-order chi connectivity index (χ1) is 3.80. The van der Waals surface area contributed by atoms with E-state index in [1.807, 2.05) is 0 Å². The Morgan fingerprint density at radius 3 is 2.88 bits per heavy atom. The molecule has 1 heterocycles. The molecule has 0 aliphatic carbocycles. The van der Waals surface area contributed by atoms with E-state index in [9.17, 15) is 4.79 Å². The highest BCUT2D eigenvalue weighted by atomic mass is 16.1. The molecule has 0 atom stereocenters. The van der Waals surface area contributed by atoms with E-state index in [1.54, 1.807) is 0 Å². The highest BCUT2D eigenvalue weighted by Gasteiger charge is 1.97. The fourth-order valence-corrected chi connectivity index (χ4v) is 0.380. The quantitative estimate of drug-likeness (QED) is 0.545. The number of nitrogens with zero attached hydrogens (tertiary/aromatic N) is 1. The molecule has 0 bridgehead atoms. The maximum absolute atomic E-state index is 10.1. The molecule has 1 rings (SSSR count). The number of aromatic nitrogens is 2. The number of H-pyrrole nitrogens is 1. The summed E-state index contributed by atoms with van der Waals surface area (Å²) in [5, 5.41) is 0. The van der Waals surface area contributed by atoms with Gasteiger partial charge in [-0.15, -0.1) is 0 Å². The highest BCUT2D eigenvalue weighted by Crippen LogP contribution is 1.86. The second-order valence-electron chi connectivity index (χ2n) is 1.29. The summed E-state index contributed by atoms with van der Waals surface area (Å²) in [5.41, 5.74) is 6.75. The molecule has 1 aromatic rings. The van der Waals surface area contributed by atoms with Crippen LogP contribution in [0.2, 0.25) is 0 Å². The van der Waals surface area contributed by atoms with E-state index in [1.165, 1.54) is 12.5 Å². The minimum Gasteiger partial charge on any atom is -0.341 e. The molecule has 0 saturated heterocycles. The van der Waals surface area contributed by atoms with Crippen LogP contribution in [0, 0.1) is 0 Å². The average Bonchev–Trinajstić information content (AvgIpc) is 2.12. The van der Waals surface area contributed by atoms with Crippen LogP contribution in [0.15, 0.2) is 12.5 Å². The molecule has 0 aliphatic rings. The maximum Gasteiger partial charge on any atom is 0.287 e. The summed E-state index contributed by atoms with van der Waals surface area (Å²) in [6.45, 7) is 0. The number of carbonyl (C=O) groups excluding carboxylic acids is 1. The molecule has 1 aromatic heterocycles. The standard InChI is InChI=1S/C4H4N3O/c5-4(8)3-1-6-2-7-3/h1-2,5H,(H,6,7). The number of imidazole rings is 1. The summed E-state index contributed by atoms with van der Waals surface area (Å²) >= 11 is 0. The topological polar surface area (TPSA) is 69.6 Å². The van der Waals surface area contributed by atoms with Crippen LogP contribution >= 0.6 is 0 Å². The van der Waals surface area contributed by atoms with Crippen LogP contribution in [0.3, 0.4) is 0 Å². The van der Waals surface area contributed by atoms with Crippen molar-refractivity contribution in [2.45, 2.75) is 0 Å². The molecule has 0 fully saturated rings. The van der Waals surface area contributed by atoms with Gasteiger partial charge in [-0.25, -0.2) is 4.98 Å². The zero-order valence-electron chi connectivity index (χ0n) is 4.01. The van der Waals surface area contributed by atoms with Crippen molar-refractivity contribution in [1.29, 1.82) is 0 Å². The molecule has 0 aliphatic heterocycles. The van der Waals surface area contributed by atoms with Crippen molar-refractivity contribution in [2.75, 3.05) is 0 Å². The van der Waals surface area contributed by atoms with Crippen LogP contribution in [-0.2, 0) is 0 Å². The van der Waals surface area contributed by atoms with Crippen LogP contribution in [0.25, 0.3) is 0 Å². The van der Waals surface area contributed by atoms with Crippen LogP contribution < -0.4 is 5.73 Å². The molecule has 4 nitrogen and oxygen atoms in total. The monoisotopic (exact) mass is 110 g/mol. The van der Waals surface area contributed by atoms with E-state index in [0.717, 1.165) is 0 Å². The zero-order chi connectivity index (χ0) is 5.98. The van der Waals surface area contributed by atoms with Gasteiger partial charge in [-0.3, -0.25) is 10.5 Å². The van der Waals surface area contributed by atoms with Crippen molar-refractivity contribution < 1.29 is 4.79 Å². The molecule has 8 heavy (non-hydrogen) atoms. The minimum atomic E-state index is -0.734. The SMILES string of the molecule is [NH]C(=O)c1cnc[nH]1. The van der Waals surface area contributed by atoms with E-state index in [4.69, 9.17) is 5.73 Å². The first-order valence-electron chi connectivity index (χ1n) is 2.05. The van der Waals surface area contributed by atoms with Gasteiger partial charge in [0, 0.05) is 0 Å². The van der Waals surface area contributed by atoms with Gasteiger partial charge in [0.25, 0.3) is 5.91 Å². The molecule has 2 N–H and O–H groups in total. The van der Waals surface area contributed by atoms with E-state index >= 15 is 0 Å². The Morgan fingerprint density at radius 2 is 2.62 bits per heavy atom. The van der Waals surface area contributed by atoms with Gasteiger partial charge in [0.05, 0.1) is 12.5 Å². The van der Waals surface area contributed by atoms with Crippen molar-refractivity contribution in [1.82, 2.24) is 15.7 Å². The van der Waals surface area contributed by atoms with Crippen molar-refractivity contribution in [3.8, 4) is 0 Å². The third-order valence-electron chi connectivity index (χ3n) is 0.743. The number of hydrogen-bond acceptors (Lipinski definition) is 2. The van der Waals surface area contributed by atoms with Crippen LogP contribution in [0.5, 0.6) is 0 Å². The number of hydrogen-bond donors (Lipinski definition) is 1. The van der Waals surface area contributed by atoms with Gasteiger partial charge < -0.3 is 4.98 Å². The number of nitrogens with one attached hydrogen (secondary N) is 2. The number of carbonyl (C=O) groups is 1. The molecule has 0 aromatic carbocycles. The molecule has 0 spiro atoms. The molecular formula is C4H4N3O. The summed E-state index contributed by atoms with van der Waals surface area (Å²) in [5.74, 6) is -0.734. The largest absolute Gasteiger partial charge is 0.341 e. The second kappa shape index (κ2) is 1.65. The van der Waals surface area contributed by atoms with Gasteiger partial charge in [0.15, 0.2) is 0 Å². The van der Waals surface area contributed by atoms with Crippen LogP contribution in [-0.4, -0.2) is 15.9 Å². The summed E-state index contributed by atoms with van der Waals surface area (Å²) in [4.78, 5) is 16.1. The molecule has 1 amide bonds. The first kappa shape index (κ1) is 4.83.